The Morgan fingerprint density at radius 2 is 2.27 bits per heavy atom. The first-order valence-corrected chi connectivity index (χ1v) is 4.83. The molecule has 2 rings (SSSR count). The van der Waals surface area contributed by atoms with Crippen LogP contribution in [0.1, 0.15) is 5.69 Å². The van der Waals surface area contributed by atoms with Gasteiger partial charge in [-0.3, -0.25) is 4.98 Å². The van der Waals surface area contributed by atoms with Gasteiger partial charge in [0.05, 0.1) is 29.3 Å². The van der Waals surface area contributed by atoms with E-state index in [1.54, 1.807) is 29.5 Å². The molecule has 2 aromatic rings. The van der Waals surface area contributed by atoms with E-state index in [0.29, 0.717) is 17.4 Å². The van der Waals surface area contributed by atoms with Crippen molar-refractivity contribution in [1.82, 2.24) is 25.1 Å². The molecular formula is C9H10ClN5. The Bertz CT molecular complexity index is 453. The lowest BCUT2D eigenvalue weighted by molar-refractivity contribution is 0.760. The second-order valence-corrected chi connectivity index (χ2v) is 3.44. The third-order valence-corrected chi connectivity index (χ3v) is 2.01. The van der Waals surface area contributed by atoms with Crippen molar-refractivity contribution >= 4 is 11.6 Å². The summed E-state index contributed by atoms with van der Waals surface area (Å²) in [7, 11) is 1.86. The Morgan fingerprint density at radius 1 is 1.40 bits per heavy atom. The van der Waals surface area contributed by atoms with Gasteiger partial charge >= 0.3 is 0 Å². The Morgan fingerprint density at radius 3 is 2.93 bits per heavy atom. The van der Waals surface area contributed by atoms with E-state index in [0.717, 1.165) is 5.69 Å². The first-order valence-electron chi connectivity index (χ1n) is 4.45. The highest BCUT2D eigenvalue weighted by molar-refractivity contribution is 6.30. The van der Waals surface area contributed by atoms with Crippen molar-refractivity contribution in [3.05, 3.63) is 35.5 Å². The molecule has 0 aliphatic rings. The van der Waals surface area contributed by atoms with Crippen LogP contribution in [0.4, 0.5) is 0 Å². The van der Waals surface area contributed by atoms with Crippen LogP contribution in [0.15, 0.2) is 24.8 Å². The molecule has 5 nitrogen and oxygen atoms in total. The maximum absolute atomic E-state index is 5.77. The van der Waals surface area contributed by atoms with Crippen LogP contribution in [0.5, 0.6) is 0 Å². The third-order valence-electron chi connectivity index (χ3n) is 1.82. The van der Waals surface area contributed by atoms with Crippen molar-refractivity contribution in [2.75, 3.05) is 7.05 Å². The zero-order valence-electron chi connectivity index (χ0n) is 8.18. The molecule has 0 fully saturated rings. The molecule has 0 saturated carbocycles. The Balaban J connectivity index is 2.32. The molecule has 1 N–H and O–H groups in total. The van der Waals surface area contributed by atoms with Gasteiger partial charge in [0, 0.05) is 12.7 Å². The highest BCUT2D eigenvalue weighted by Gasteiger charge is 2.02. The minimum atomic E-state index is 0.579. The van der Waals surface area contributed by atoms with E-state index in [9.17, 15) is 0 Å². The summed E-state index contributed by atoms with van der Waals surface area (Å²) in [5.74, 6) is 0.662. The number of aromatic nitrogens is 4. The van der Waals surface area contributed by atoms with E-state index in [4.69, 9.17) is 11.6 Å². The van der Waals surface area contributed by atoms with Crippen molar-refractivity contribution in [1.29, 1.82) is 0 Å². The standard InChI is InChI=1S/C9H10ClN5/c1-11-3-8-4-12-5-9(14-8)15-6-7(10)2-13-15/h2,4-6,11H,3H2,1H3. The Kier molecular flexibility index (Phi) is 2.94. The summed E-state index contributed by atoms with van der Waals surface area (Å²) in [5, 5.41) is 7.64. The monoisotopic (exact) mass is 223 g/mol. The van der Waals surface area contributed by atoms with E-state index < -0.39 is 0 Å². The quantitative estimate of drug-likeness (QED) is 0.845. The van der Waals surface area contributed by atoms with Gasteiger partial charge in [0.25, 0.3) is 0 Å². The molecule has 15 heavy (non-hydrogen) atoms. The molecule has 0 atom stereocenters. The minimum Gasteiger partial charge on any atom is -0.314 e. The van der Waals surface area contributed by atoms with Gasteiger partial charge in [0.1, 0.15) is 0 Å². The van der Waals surface area contributed by atoms with E-state index >= 15 is 0 Å². The van der Waals surface area contributed by atoms with Gasteiger partial charge in [-0.15, -0.1) is 0 Å². The lowest BCUT2D eigenvalue weighted by Gasteiger charge is -2.02. The molecule has 0 aromatic carbocycles. The summed E-state index contributed by atoms with van der Waals surface area (Å²) >= 11 is 5.77. The van der Waals surface area contributed by atoms with Crippen molar-refractivity contribution in [3.8, 4) is 5.82 Å². The summed E-state index contributed by atoms with van der Waals surface area (Å²) in [6, 6.07) is 0. The fourth-order valence-corrected chi connectivity index (χ4v) is 1.33. The lowest BCUT2D eigenvalue weighted by atomic mass is 10.4. The normalized spacial score (nSPS) is 10.5. The number of hydrogen-bond donors (Lipinski definition) is 1. The second kappa shape index (κ2) is 4.37. The molecule has 0 aliphatic carbocycles. The lowest BCUT2D eigenvalue weighted by Crippen LogP contribution is -2.09. The van der Waals surface area contributed by atoms with Gasteiger partial charge in [-0.2, -0.15) is 5.10 Å². The number of halogens is 1. The van der Waals surface area contributed by atoms with Crippen LogP contribution in [0, 0.1) is 0 Å². The van der Waals surface area contributed by atoms with E-state index in [1.165, 1.54) is 0 Å². The molecule has 78 valence electrons. The van der Waals surface area contributed by atoms with Gasteiger partial charge < -0.3 is 5.32 Å². The Hall–Kier alpha value is -1.46. The molecule has 0 amide bonds. The van der Waals surface area contributed by atoms with Crippen molar-refractivity contribution in [2.24, 2.45) is 0 Å². The highest BCUT2D eigenvalue weighted by Crippen LogP contribution is 2.09. The summed E-state index contributed by atoms with van der Waals surface area (Å²) < 4.78 is 1.59. The molecule has 0 radical (unpaired) electrons. The van der Waals surface area contributed by atoms with Gasteiger partial charge in [-0.25, -0.2) is 9.67 Å². The van der Waals surface area contributed by atoms with E-state index in [2.05, 4.69) is 20.4 Å². The number of nitrogens with zero attached hydrogens (tertiary/aromatic N) is 4. The number of nitrogens with one attached hydrogen (secondary N) is 1. The average molecular weight is 224 g/mol. The predicted octanol–water partition coefficient (Wildman–Crippen LogP) is 1.04. The van der Waals surface area contributed by atoms with Crippen LogP contribution in [-0.4, -0.2) is 26.8 Å². The van der Waals surface area contributed by atoms with Crippen LogP contribution in [0.2, 0.25) is 5.02 Å². The maximum Gasteiger partial charge on any atom is 0.172 e. The zero-order valence-corrected chi connectivity index (χ0v) is 8.94. The fourth-order valence-electron chi connectivity index (χ4n) is 1.20. The van der Waals surface area contributed by atoms with E-state index in [1.807, 2.05) is 7.05 Å². The Labute approximate surface area is 92.1 Å². The SMILES string of the molecule is CNCc1cncc(-n2cc(Cl)cn2)n1. The molecule has 0 bridgehead atoms. The minimum absolute atomic E-state index is 0.579. The smallest absolute Gasteiger partial charge is 0.172 e. The zero-order chi connectivity index (χ0) is 10.7. The maximum atomic E-state index is 5.77. The third kappa shape index (κ3) is 2.31. The van der Waals surface area contributed by atoms with Crippen molar-refractivity contribution < 1.29 is 0 Å². The van der Waals surface area contributed by atoms with Gasteiger partial charge in [-0.1, -0.05) is 11.6 Å². The van der Waals surface area contributed by atoms with Crippen molar-refractivity contribution in [3.63, 3.8) is 0 Å². The molecule has 0 spiro atoms. The first kappa shape index (κ1) is 10.1. The molecule has 0 saturated heterocycles. The fraction of sp³-hybridized carbons (Fsp3) is 0.222. The second-order valence-electron chi connectivity index (χ2n) is 3.00. The predicted molar refractivity (Wildman–Crippen MR) is 56.9 cm³/mol. The number of hydrogen-bond acceptors (Lipinski definition) is 4. The van der Waals surface area contributed by atoms with Gasteiger partial charge in [0.15, 0.2) is 5.82 Å². The highest BCUT2D eigenvalue weighted by atomic mass is 35.5. The average Bonchev–Trinajstić information content (AvgIpc) is 2.66. The summed E-state index contributed by atoms with van der Waals surface area (Å²) in [5.41, 5.74) is 0.863. The molecular weight excluding hydrogens is 214 g/mol. The molecule has 2 aromatic heterocycles. The largest absolute Gasteiger partial charge is 0.314 e. The van der Waals surface area contributed by atoms with Crippen LogP contribution < -0.4 is 5.32 Å². The first-order chi connectivity index (χ1) is 7.29. The molecule has 0 unspecified atom stereocenters. The van der Waals surface area contributed by atoms with Crippen LogP contribution in [0.25, 0.3) is 5.82 Å². The molecule has 0 aliphatic heterocycles. The van der Waals surface area contributed by atoms with Crippen molar-refractivity contribution in [2.45, 2.75) is 6.54 Å². The van der Waals surface area contributed by atoms with E-state index in [-0.39, 0.29) is 0 Å². The van der Waals surface area contributed by atoms with Gasteiger partial charge in [0.2, 0.25) is 0 Å². The van der Waals surface area contributed by atoms with Gasteiger partial charge in [-0.05, 0) is 7.05 Å². The molecule has 6 heteroatoms. The van der Waals surface area contributed by atoms with Crippen LogP contribution in [-0.2, 0) is 6.54 Å². The summed E-state index contributed by atoms with van der Waals surface area (Å²) in [6.07, 6.45) is 6.61. The number of rotatable bonds is 3. The van der Waals surface area contributed by atoms with Crippen LogP contribution in [0.3, 0.4) is 0 Å². The molecule has 2 heterocycles. The summed E-state index contributed by atoms with van der Waals surface area (Å²) in [4.78, 5) is 8.45. The van der Waals surface area contributed by atoms with Crippen LogP contribution >= 0.6 is 11.6 Å². The summed E-state index contributed by atoms with van der Waals surface area (Å²) in [6.45, 7) is 0.676. The topological polar surface area (TPSA) is 55.6 Å².